The molecule has 0 bridgehead atoms. The lowest BCUT2D eigenvalue weighted by atomic mass is 10.2. The van der Waals surface area contributed by atoms with E-state index in [1.807, 2.05) is 0 Å². The van der Waals surface area contributed by atoms with Crippen LogP contribution in [0.4, 0.5) is 4.39 Å². The Hall–Kier alpha value is -0.570. The van der Waals surface area contributed by atoms with E-state index in [9.17, 15) is 4.39 Å². The van der Waals surface area contributed by atoms with Gasteiger partial charge in [0.25, 0.3) is 0 Å². The predicted octanol–water partition coefficient (Wildman–Crippen LogP) is 1.50. The summed E-state index contributed by atoms with van der Waals surface area (Å²) < 4.78 is 11.9. The van der Waals surface area contributed by atoms with Gasteiger partial charge in [-0.15, -0.1) is 0 Å². The third kappa shape index (κ3) is 3.35. The topological polar surface area (TPSA) is 6.48 Å². The monoisotopic (exact) mass is 186 g/mol. The second-order valence-corrected chi connectivity index (χ2v) is 3.65. The zero-order valence-electron chi connectivity index (χ0n) is 8.43. The van der Waals surface area contributed by atoms with Crippen LogP contribution in [0.3, 0.4) is 0 Å². The van der Waals surface area contributed by atoms with Gasteiger partial charge in [0, 0.05) is 31.9 Å². The lowest BCUT2D eigenvalue weighted by molar-refractivity contribution is 0.182. The largest absolute Gasteiger partial charge is 0.373 e. The molecule has 0 unspecified atom stereocenters. The van der Waals surface area contributed by atoms with Gasteiger partial charge < -0.3 is 9.80 Å². The second kappa shape index (κ2) is 5.22. The van der Waals surface area contributed by atoms with Crippen LogP contribution in [-0.4, -0.2) is 49.7 Å². The molecule has 1 saturated heterocycles. The van der Waals surface area contributed by atoms with Gasteiger partial charge in [-0.2, -0.15) is 0 Å². The Morgan fingerprint density at radius 1 is 1.31 bits per heavy atom. The van der Waals surface area contributed by atoms with Crippen LogP contribution < -0.4 is 0 Å². The molecule has 0 amide bonds. The van der Waals surface area contributed by atoms with Crippen LogP contribution in [-0.2, 0) is 0 Å². The van der Waals surface area contributed by atoms with Crippen LogP contribution in [0.25, 0.3) is 0 Å². The van der Waals surface area contributed by atoms with Crippen LogP contribution >= 0.6 is 0 Å². The Morgan fingerprint density at radius 3 is 2.46 bits per heavy atom. The molecule has 0 aromatic heterocycles. The number of hydrogen-bond donors (Lipinski definition) is 0. The van der Waals surface area contributed by atoms with E-state index in [0.29, 0.717) is 6.42 Å². The van der Waals surface area contributed by atoms with Gasteiger partial charge in [-0.05, 0) is 19.9 Å². The minimum absolute atomic E-state index is 0.229. The lowest BCUT2D eigenvalue weighted by Gasteiger charge is -2.35. The summed E-state index contributed by atoms with van der Waals surface area (Å²) in [6.45, 7) is 8.02. The number of piperazine rings is 1. The van der Waals surface area contributed by atoms with Crippen molar-refractivity contribution in [2.75, 3.05) is 39.9 Å². The van der Waals surface area contributed by atoms with Crippen molar-refractivity contribution in [3.8, 4) is 0 Å². The number of nitrogens with zero attached hydrogens (tertiary/aromatic N) is 2. The quantitative estimate of drug-likeness (QED) is 0.656. The van der Waals surface area contributed by atoms with E-state index in [4.69, 9.17) is 0 Å². The Labute approximate surface area is 80.0 Å². The van der Waals surface area contributed by atoms with E-state index in [2.05, 4.69) is 23.4 Å². The maximum atomic E-state index is 11.9. The molecule has 1 heterocycles. The summed E-state index contributed by atoms with van der Waals surface area (Å²) in [5.74, 6) is 0. The summed E-state index contributed by atoms with van der Waals surface area (Å²) in [4.78, 5) is 4.58. The molecule has 1 aliphatic rings. The highest BCUT2D eigenvalue weighted by Gasteiger charge is 2.14. The SMILES string of the molecule is C=C(CCCF)N1CCN(C)CC1. The highest BCUT2D eigenvalue weighted by molar-refractivity contribution is 4.95. The number of rotatable bonds is 4. The van der Waals surface area contributed by atoms with Crippen LogP contribution in [0, 0.1) is 0 Å². The molecular formula is C10H19FN2. The molecule has 1 fully saturated rings. The van der Waals surface area contributed by atoms with Crippen molar-refractivity contribution >= 4 is 0 Å². The molecule has 0 spiro atoms. The normalized spacial score (nSPS) is 19.1. The molecule has 1 aliphatic heterocycles. The van der Waals surface area contributed by atoms with E-state index in [1.54, 1.807) is 0 Å². The average molecular weight is 186 g/mol. The first-order valence-electron chi connectivity index (χ1n) is 4.91. The standard InChI is InChI=1S/C10H19FN2/c1-10(4-3-5-11)13-8-6-12(2)7-9-13/h1,3-9H2,2H3. The summed E-state index contributed by atoms with van der Waals surface area (Å²) in [5, 5.41) is 0. The van der Waals surface area contributed by atoms with Gasteiger partial charge >= 0.3 is 0 Å². The number of hydrogen-bond acceptors (Lipinski definition) is 2. The van der Waals surface area contributed by atoms with Crippen molar-refractivity contribution < 1.29 is 4.39 Å². The highest BCUT2D eigenvalue weighted by atomic mass is 19.1. The van der Waals surface area contributed by atoms with E-state index in [0.717, 1.165) is 38.3 Å². The Balaban J connectivity index is 2.23. The fourth-order valence-electron chi connectivity index (χ4n) is 1.55. The first-order valence-corrected chi connectivity index (χ1v) is 4.91. The third-order valence-corrected chi connectivity index (χ3v) is 2.55. The van der Waals surface area contributed by atoms with Crippen LogP contribution in [0.1, 0.15) is 12.8 Å². The molecule has 0 N–H and O–H groups in total. The molecule has 0 aromatic rings. The molecule has 3 heteroatoms. The molecule has 0 aromatic carbocycles. The Morgan fingerprint density at radius 2 is 1.92 bits per heavy atom. The van der Waals surface area contributed by atoms with Gasteiger partial charge in [0.05, 0.1) is 6.67 Å². The van der Waals surface area contributed by atoms with E-state index in [-0.39, 0.29) is 6.67 Å². The molecule has 2 nitrogen and oxygen atoms in total. The maximum Gasteiger partial charge on any atom is 0.0898 e. The number of allylic oxidation sites excluding steroid dienone is 1. The maximum absolute atomic E-state index is 11.9. The van der Waals surface area contributed by atoms with Crippen molar-refractivity contribution in [1.29, 1.82) is 0 Å². The van der Waals surface area contributed by atoms with Crippen molar-refractivity contribution in [2.45, 2.75) is 12.8 Å². The third-order valence-electron chi connectivity index (χ3n) is 2.55. The molecule has 76 valence electrons. The summed E-state index contributed by atoms with van der Waals surface area (Å²) in [7, 11) is 2.13. The Bertz CT molecular complexity index is 162. The number of alkyl halides is 1. The summed E-state index contributed by atoms with van der Waals surface area (Å²) >= 11 is 0. The van der Waals surface area contributed by atoms with Crippen LogP contribution in [0.5, 0.6) is 0 Å². The predicted molar refractivity (Wildman–Crippen MR) is 53.4 cm³/mol. The first-order chi connectivity index (χ1) is 6.24. The first kappa shape index (κ1) is 10.5. The van der Waals surface area contributed by atoms with Crippen molar-refractivity contribution in [3.63, 3.8) is 0 Å². The average Bonchev–Trinajstić information content (AvgIpc) is 2.15. The van der Waals surface area contributed by atoms with Crippen molar-refractivity contribution in [2.24, 2.45) is 0 Å². The van der Waals surface area contributed by atoms with Gasteiger partial charge in [0.15, 0.2) is 0 Å². The van der Waals surface area contributed by atoms with Crippen LogP contribution in [0.15, 0.2) is 12.3 Å². The lowest BCUT2D eigenvalue weighted by Crippen LogP contribution is -2.43. The molecule has 0 saturated carbocycles. The zero-order chi connectivity index (χ0) is 9.68. The van der Waals surface area contributed by atoms with Gasteiger partial charge in [0.2, 0.25) is 0 Å². The Kier molecular flexibility index (Phi) is 4.22. The zero-order valence-corrected chi connectivity index (χ0v) is 8.43. The highest BCUT2D eigenvalue weighted by Crippen LogP contribution is 2.11. The molecule has 0 aliphatic carbocycles. The molecule has 1 rings (SSSR count). The van der Waals surface area contributed by atoms with E-state index >= 15 is 0 Å². The van der Waals surface area contributed by atoms with Crippen LogP contribution in [0.2, 0.25) is 0 Å². The summed E-state index contributed by atoms with van der Waals surface area (Å²) in [6, 6.07) is 0. The molecular weight excluding hydrogens is 167 g/mol. The molecule has 0 radical (unpaired) electrons. The fraction of sp³-hybridized carbons (Fsp3) is 0.800. The fourth-order valence-corrected chi connectivity index (χ4v) is 1.55. The van der Waals surface area contributed by atoms with E-state index < -0.39 is 0 Å². The summed E-state index contributed by atoms with van der Waals surface area (Å²) in [6.07, 6.45) is 1.42. The molecule has 0 atom stereocenters. The number of halogens is 1. The van der Waals surface area contributed by atoms with E-state index in [1.165, 1.54) is 0 Å². The van der Waals surface area contributed by atoms with Gasteiger partial charge in [-0.1, -0.05) is 6.58 Å². The molecule has 13 heavy (non-hydrogen) atoms. The smallest absolute Gasteiger partial charge is 0.0898 e. The number of likely N-dealkylation sites (N-methyl/N-ethyl adjacent to an activating group) is 1. The second-order valence-electron chi connectivity index (χ2n) is 3.65. The minimum atomic E-state index is -0.229. The summed E-state index contributed by atoms with van der Waals surface area (Å²) in [5.41, 5.74) is 1.10. The minimum Gasteiger partial charge on any atom is -0.373 e. The van der Waals surface area contributed by atoms with Gasteiger partial charge in [-0.3, -0.25) is 4.39 Å². The van der Waals surface area contributed by atoms with Gasteiger partial charge in [0.1, 0.15) is 0 Å². The van der Waals surface area contributed by atoms with Crippen molar-refractivity contribution in [3.05, 3.63) is 12.3 Å². The van der Waals surface area contributed by atoms with Gasteiger partial charge in [-0.25, -0.2) is 0 Å². The van der Waals surface area contributed by atoms with Crippen molar-refractivity contribution in [1.82, 2.24) is 9.80 Å².